The Labute approximate surface area is 136 Å². The monoisotopic (exact) mass is 308 g/mol. The van der Waals surface area contributed by atoms with E-state index in [0.29, 0.717) is 0 Å². The van der Waals surface area contributed by atoms with Gasteiger partial charge in [0, 0.05) is 0 Å². The molecule has 0 saturated heterocycles. The van der Waals surface area contributed by atoms with Gasteiger partial charge in [0.1, 0.15) is 10.9 Å². The average Bonchev–Trinajstić information content (AvgIpc) is 3.02. The number of aliphatic imine (C=N–C) groups is 1. The minimum Gasteiger partial charge on any atom is -0.284 e. The van der Waals surface area contributed by atoms with Crippen molar-refractivity contribution in [3.63, 3.8) is 0 Å². The van der Waals surface area contributed by atoms with Crippen molar-refractivity contribution in [2.24, 2.45) is 4.99 Å². The third-order valence-electron chi connectivity index (χ3n) is 3.79. The zero-order valence-electron chi connectivity index (χ0n) is 13.4. The maximum Gasteiger partial charge on any atom is 0.182 e. The van der Waals surface area contributed by atoms with Crippen LogP contribution in [0, 0.1) is 0 Å². The molecule has 1 heterocycles. The quantitative estimate of drug-likeness (QED) is 0.708. The van der Waals surface area contributed by atoms with Gasteiger partial charge in [-0.2, -0.15) is 0 Å². The molecular weight excluding hydrogens is 286 g/mol. The van der Waals surface area contributed by atoms with Gasteiger partial charge in [0.15, 0.2) is 14.7 Å². The molecule has 2 heteroatoms. The predicted molar refractivity (Wildman–Crippen MR) is 96.9 cm³/mol. The van der Waals surface area contributed by atoms with Crippen molar-refractivity contribution < 1.29 is 0 Å². The first-order valence-electron chi connectivity index (χ1n) is 7.65. The summed E-state index contributed by atoms with van der Waals surface area (Å²) in [6, 6.07) is 19.8. The van der Waals surface area contributed by atoms with Crippen molar-refractivity contribution >= 4 is 17.1 Å². The van der Waals surface area contributed by atoms with E-state index in [4.69, 9.17) is 0 Å². The third-order valence-corrected chi connectivity index (χ3v) is 6.02. The lowest BCUT2D eigenvalue weighted by molar-refractivity contribution is 0.589. The molecule has 0 saturated carbocycles. The summed E-state index contributed by atoms with van der Waals surface area (Å²) in [5.41, 5.74) is 1.57. The van der Waals surface area contributed by atoms with Gasteiger partial charge in [-0.15, -0.1) is 0 Å². The molecule has 22 heavy (non-hydrogen) atoms. The number of allylic oxidation sites excluding steroid dienone is 1. The first-order chi connectivity index (χ1) is 10.6. The normalized spacial score (nSPS) is 15.7. The number of rotatable bonds is 3. The van der Waals surface area contributed by atoms with Gasteiger partial charge in [0.2, 0.25) is 0 Å². The molecule has 0 N–H and O–H groups in total. The van der Waals surface area contributed by atoms with Gasteiger partial charge in [0.05, 0.1) is 12.8 Å². The molecule has 0 radical (unpaired) electrons. The van der Waals surface area contributed by atoms with Gasteiger partial charge >= 0.3 is 0 Å². The number of hydrogen-bond acceptors (Lipinski definition) is 1. The largest absolute Gasteiger partial charge is 0.284 e. The lowest BCUT2D eigenvalue weighted by Crippen LogP contribution is -2.12. The Morgan fingerprint density at radius 1 is 0.864 bits per heavy atom. The first-order valence-corrected chi connectivity index (χ1v) is 8.88. The topological polar surface area (TPSA) is 12.4 Å². The zero-order chi connectivity index (χ0) is 15.6. The number of benzene rings is 2. The molecule has 0 fully saturated rings. The molecule has 1 nitrogen and oxygen atoms in total. The van der Waals surface area contributed by atoms with E-state index in [9.17, 15) is 0 Å². The third kappa shape index (κ3) is 3.17. The minimum absolute atomic E-state index is 0.0498. The SMILES string of the molecule is CC(C)(C)c1ccc([S+](C2=CCN=C2)c2ccccc2)cc1. The van der Waals surface area contributed by atoms with E-state index in [-0.39, 0.29) is 16.3 Å². The molecule has 1 unspecified atom stereocenters. The Bertz CT molecular complexity index is 691. The Morgan fingerprint density at radius 2 is 1.50 bits per heavy atom. The van der Waals surface area contributed by atoms with Gasteiger partial charge in [-0.05, 0) is 41.3 Å². The van der Waals surface area contributed by atoms with E-state index in [1.807, 2.05) is 6.21 Å². The smallest absolute Gasteiger partial charge is 0.182 e. The van der Waals surface area contributed by atoms with Crippen LogP contribution in [0.25, 0.3) is 0 Å². The Kier molecular flexibility index (Phi) is 4.21. The first kappa shape index (κ1) is 15.1. The van der Waals surface area contributed by atoms with Crippen LogP contribution in [0.1, 0.15) is 26.3 Å². The maximum atomic E-state index is 4.38. The van der Waals surface area contributed by atoms with Crippen LogP contribution in [0.4, 0.5) is 0 Å². The predicted octanol–water partition coefficient (Wildman–Crippen LogP) is 4.99. The lowest BCUT2D eigenvalue weighted by atomic mass is 9.87. The van der Waals surface area contributed by atoms with Crippen molar-refractivity contribution in [2.75, 3.05) is 6.54 Å². The van der Waals surface area contributed by atoms with Crippen molar-refractivity contribution in [1.29, 1.82) is 0 Å². The van der Waals surface area contributed by atoms with E-state index < -0.39 is 0 Å². The van der Waals surface area contributed by atoms with Crippen LogP contribution in [0.3, 0.4) is 0 Å². The second-order valence-corrected chi connectivity index (χ2v) is 8.52. The molecule has 3 rings (SSSR count). The van der Waals surface area contributed by atoms with E-state index in [2.05, 4.69) is 86.4 Å². The van der Waals surface area contributed by atoms with Crippen LogP contribution >= 0.6 is 0 Å². The van der Waals surface area contributed by atoms with Crippen molar-refractivity contribution in [3.05, 3.63) is 71.1 Å². The molecular formula is C20H22NS+. The zero-order valence-corrected chi connectivity index (χ0v) is 14.2. The molecule has 1 aliphatic heterocycles. The Balaban J connectivity index is 2.01. The highest BCUT2D eigenvalue weighted by Crippen LogP contribution is 2.32. The van der Waals surface area contributed by atoms with Crippen LogP contribution < -0.4 is 0 Å². The van der Waals surface area contributed by atoms with Crippen molar-refractivity contribution in [3.8, 4) is 0 Å². The highest BCUT2D eigenvalue weighted by atomic mass is 32.2. The Hall–Kier alpha value is -1.80. The summed E-state index contributed by atoms with van der Waals surface area (Å²) in [5, 5.41) is 0. The van der Waals surface area contributed by atoms with Gasteiger partial charge in [-0.25, -0.2) is 0 Å². The summed E-state index contributed by atoms with van der Waals surface area (Å²) >= 11 is 0. The van der Waals surface area contributed by atoms with Crippen molar-refractivity contribution in [1.82, 2.24) is 0 Å². The minimum atomic E-state index is -0.0498. The van der Waals surface area contributed by atoms with Gasteiger partial charge in [-0.1, -0.05) is 51.1 Å². The highest BCUT2D eigenvalue weighted by molar-refractivity contribution is 8.01. The van der Waals surface area contributed by atoms with E-state index >= 15 is 0 Å². The summed E-state index contributed by atoms with van der Waals surface area (Å²) in [6.45, 7) is 7.58. The van der Waals surface area contributed by atoms with E-state index in [1.165, 1.54) is 20.3 Å². The Morgan fingerprint density at radius 3 is 2.05 bits per heavy atom. The van der Waals surface area contributed by atoms with Crippen LogP contribution in [-0.4, -0.2) is 12.8 Å². The van der Waals surface area contributed by atoms with Gasteiger partial charge < -0.3 is 0 Å². The summed E-state index contributed by atoms with van der Waals surface area (Å²) in [7, 11) is -0.0498. The highest BCUT2D eigenvalue weighted by Gasteiger charge is 2.31. The molecule has 2 aromatic rings. The second kappa shape index (κ2) is 6.13. The fourth-order valence-electron chi connectivity index (χ4n) is 2.53. The van der Waals surface area contributed by atoms with Gasteiger partial charge in [0.25, 0.3) is 0 Å². The molecule has 1 atom stereocenters. The van der Waals surface area contributed by atoms with Crippen LogP contribution in [0.15, 0.2) is 80.4 Å². The van der Waals surface area contributed by atoms with Crippen LogP contribution in [-0.2, 0) is 16.3 Å². The summed E-state index contributed by atoms with van der Waals surface area (Å²) < 4.78 is 0. The molecule has 0 aromatic heterocycles. The molecule has 0 amide bonds. The second-order valence-electron chi connectivity index (χ2n) is 6.49. The van der Waals surface area contributed by atoms with Crippen LogP contribution in [0.2, 0.25) is 0 Å². The van der Waals surface area contributed by atoms with E-state index in [0.717, 1.165) is 6.54 Å². The average molecular weight is 308 g/mol. The lowest BCUT2D eigenvalue weighted by Gasteiger charge is -2.19. The molecule has 0 aliphatic carbocycles. The van der Waals surface area contributed by atoms with Crippen LogP contribution in [0.5, 0.6) is 0 Å². The number of nitrogens with zero attached hydrogens (tertiary/aromatic N) is 1. The summed E-state index contributed by atoms with van der Waals surface area (Å²) in [6.07, 6.45) is 4.28. The fraction of sp³-hybridized carbons (Fsp3) is 0.250. The van der Waals surface area contributed by atoms with E-state index in [1.54, 1.807) is 0 Å². The standard InChI is InChI=1S/C20H22NS/c1-20(2,3)16-9-11-18(12-10-16)22(19-13-14-21-15-19)17-7-5-4-6-8-17/h4-13,15H,14H2,1-3H3/q+1. The molecule has 0 spiro atoms. The summed E-state index contributed by atoms with van der Waals surface area (Å²) in [5.74, 6) is 0. The maximum absolute atomic E-state index is 4.38. The molecule has 1 aliphatic rings. The number of hydrogen-bond donors (Lipinski definition) is 0. The molecule has 2 aromatic carbocycles. The van der Waals surface area contributed by atoms with Crippen molar-refractivity contribution in [2.45, 2.75) is 36.0 Å². The van der Waals surface area contributed by atoms with Gasteiger partial charge in [-0.3, -0.25) is 4.99 Å². The fourth-order valence-corrected chi connectivity index (χ4v) is 4.61. The summed E-state index contributed by atoms with van der Waals surface area (Å²) in [4.78, 5) is 8.42. The molecule has 112 valence electrons. The molecule has 0 bridgehead atoms.